The van der Waals surface area contributed by atoms with Crippen LogP contribution in [0, 0.1) is 12.7 Å². The topological polar surface area (TPSA) is 65.2 Å². The zero-order valence-electron chi connectivity index (χ0n) is 13.4. The number of nitrogens with zero attached hydrogens (tertiary/aromatic N) is 1. The van der Waals surface area contributed by atoms with Crippen LogP contribution in [0.1, 0.15) is 21.6 Å². The smallest absolute Gasteiger partial charge is 0.418 e. The molecular weight excluding hydrogens is 352 g/mol. The maximum absolute atomic E-state index is 14.1. The molecular formula is C18H12F4N2O2. The Morgan fingerprint density at radius 2 is 1.85 bits per heavy atom. The van der Waals surface area contributed by atoms with E-state index in [0.29, 0.717) is 0 Å². The summed E-state index contributed by atoms with van der Waals surface area (Å²) >= 11 is 0. The number of primary amides is 1. The number of aromatic nitrogens is 1. The Labute approximate surface area is 145 Å². The molecule has 2 aromatic carbocycles. The first-order valence-corrected chi connectivity index (χ1v) is 7.41. The van der Waals surface area contributed by atoms with Crippen molar-refractivity contribution in [1.82, 2.24) is 4.98 Å². The van der Waals surface area contributed by atoms with Crippen LogP contribution in [0.5, 0.6) is 11.5 Å². The van der Waals surface area contributed by atoms with Crippen molar-refractivity contribution in [1.29, 1.82) is 0 Å². The van der Waals surface area contributed by atoms with Gasteiger partial charge in [-0.3, -0.25) is 9.78 Å². The summed E-state index contributed by atoms with van der Waals surface area (Å²) in [5, 5.41) is 0.0869. The third-order valence-corrected chi connectivity index (χ3v) is 3.67. The molecule has 0 saturated heterocycles. The lowest BCUT2D eigenvalue weighted by Gasteiger charge is -2.14. The average Bonchev–Trinajstić information content (AvgIpc) is 2.54. The van der Waals surface area contributed by atoms with Gasteiger partial charge in [0.2, 0.25) is 5.91 Å². The van der Waals surface area contributed by atoms with E-state index in [9.17, 15) is 22.4 Å². The molecule has 26 heavy (non-hydrogen) atoms. The van der Waals surface area contributed by atoms with E-state index in [2.05, 4.69) is 4.98 Å². The highest BCUT2D eigenvalue weighted by Crippen LogP contribution is 2.38. The van der Waals surface area contributed by atoms with E-state index in [4.69, 9.17) is 10.5 Å². The summed E-state index contributed by atoms with van der Waals surface area (Å²) in [5.41, 5.74) is 4.10. The van der Waals surface area contributed by atoms with Gasteiger partial charge in [0.15, 0.2) is 11.6 Å². The van der Waals surface area contributed by atoms with Crippen LogP contribution in [0.15, 0.2) is 42.5 Å². The van der Waals surface area contributed by atoms with Gasteiger partial charge in [0, 0.05) is 22.7 Å². The molecule has 4 nitrogen and oxygen atoms in total. The Bertz CT molecular complexity index is 1020. The van der Waals surface area contributed by atoms with Crippen molar-refractivity contribution in [3.05, 3.63) is 65.1 Å². The zero-order chi connectivity index (χ0) is 19.1. The summed E-state index contributed by atoms with van der Waals surface area (Å²) in [6.45, 7) is 1.51. The van der Waals surface area contributed by atoms with Crippen molar-refractivity contribution in [2.24, 2.45) is 5.73 Å². The first kappa shape index (κ1) is 17.7. The maximum atomic E-state index is 14.1. The highest BCUT2D eigenvalue weighted by atomic mass is 19.4. The van der Waals surface area contributed by atoms with E-state index in [1.807, 2.05) is 0 Å². The van der Waals surface area contributed by atoms with E-state index in [1.54, 1.807) is 0 Å². The van der Waals surface area contributed by atoms with E-state index < -0.39 is 23.5 Å². The van der Waals surface area contributed by atoms with Gasteiger partial charge in [0.25, 0.3) is 0 Å². The SMILES string of the molecule is Cc1cc(Oc2ccc(C(N)=O)cc2F)c2cccc(C(F)(F)F)c2n1. The third kappa shape index (κ3) is 3.30. The van der Waals surface area contributed by atoms with Gasteiger partial charge in [-0.05, 0) is 37.3 Å². The number of nitrogens with two attached hydrogens (primary N) is 1. The van der Waals surface area contributed by atoms with Crippen LogP contribution in [-0.4, -0.2) is 10.9 Å². The van der Waals surface area contributed by atoms with Crippen LogP contribution in [0.2, 0.25) is 0 Å². The predicted molar refractivity (Wildman–Crippen MR) is 86.5 cm³/mol. The van der Waals surface area contributed by atoms with Gasteiger partial charge < -0.3 is 10.5 Å². The van der Waals surface area contributed by atoms with Gasteiger partial charge in [-0.2, -0.15) is 13.2 Å². The molecule has 0 unspecified atom stereocenters. The molecule has 0 aliphatic heterocycles. The van der Waals surface area contributed by atoms with E-state index in [0.717, 1.165) is 12.1 Å². The Morgan fingerprint density at radius 1 is 1.12 bits per heavy atom. The summed E-state index contributed by atoms with van der Waals surface area (Å²) in [6, 6.07) is 8.30. The molecule has 1 heterocycles. The molecule has 0 aliphatic carbocycles. The van der Waals surface area contributed by atoms with Gasteiger partial charge in [0.05, 0.1) is 11.1 Å². The lowest BCUT2D eigenvalue weighted by Crippen LogP contribution is -2.11. The van der Waals surface area contributed by atoms with Crippen molar-refractivity contribution >= 4 is 16.8 Å². The number of hydrogen-bond acceptors (Lipinski definition) is 3. The van der Waals surface area contributed by atoms with Crippen molar-refractivity contribution in [3.8, 4) is 11.5 Å². The quantitative estimate of drug-likeness (QED) is 0.691. The number of pyridine rings is 1. The van der Waals surface area contributed by atoms with Gasteiger partial charge in [0.1, 0.15) is 5.75 Å². The van der Waals surface area contributed by atoms with Crippen LogP contribution < -0.4 is 10.5 Å². The number of carbonyl (C=O) groups is 1. The Balaban J connectivity index is 2.13. The second kappa shape index (κ2) is 6.29. The minimum atomic E-state index is -4.59. The summed E-state index contributed by atoms with van der Waals surface area (Å²) in [6.07, 6.45) is -4.59. The molecule has 0 radical (unpaired) electrons. The van der Waals surface area contributed by atoms with Gasteiger partial charge >= 0.3 is 6.18 Å². The Kier molecular flexibility index (Phi) is 4.27. The number of benzene rings is 2. The monoisotopic (exact) mass is 364 g/mol. The van der Waals surface area contributed by atoms with Gasteiger partial charge in [-0.1, -0.05) is 6.07 Å². The fourth-order valence-corrected chi connectivity index (χ4v) is 2.51. The Morgan fingerprint density at radius 3 is 2.46 bits per heavy atom. The highest BCUT2D eigenvalue weighted by Gasteiger charge is 2.33. The number of fused-ring (bicyclic) bond motifs is 1. The lowest BCUT2D eigenvalue weighted by molar-refractivity contribution is -0.136. The van der Waals surface area contributed by atoms with Crippen molar-refractivity contribution in [2.75, 3.05) is 0 Å². The molecule has 0 bridgehead atoms. The fraction of sp³-hybridized carbons (Fsp3) is 0.111. The van der Waals surface area contributed by atoms with Gasteiger partial charge in [-0.25, -0.2) is 4.39 Å². The minimum absolute atomic E-state index is 0.0179. The number of hydrogen-bond donors (Lipinski definition) is 1. The van der Waals surface area contributed by atoms with Crippen LogP contribution in [-0.2, 0) is 6.18 Å². The Hall–Kier alpha value is -3.16. The van der Waals surface area contributed by atoms with Crippen LogP contribution >= 0.6 is 0 Å². The standard InChI is InChI=1S/C18H12F4N2O2/c1-9-7-15(26-14-6-5-10(17(23)25)8-13(14)19)11-3-2-4-12(16(11)24-9)18(20,21)22/h2-8H,1H3,(H2,23,25). The number of halogens is 4. The van der Waals surface area contributed by atoms with E-state index >= 15 is 0 Å². The number of aryl methyl sites for hydroxylation is 1. The maximum Gasteiger partial charge on any atom is 0.418 e. The summed E-state index contributed by atoms with van der Waals surface area (Å²) in [5.74, 6) is -1.91. The zero-order valence-corrected chi connectivity index (χ0v) is 13.4. The number of para-hydroxylation sites is 1. The minimum Gasteiger partial charge on any atom is -0.454 e. The molecule has 1 aromatic heterocycles. The van der Waals surface area contributed by atoms with Crippen molar-refractivity contribution in [2.45, 2.75) is 13.1 Å². The number of carbonyl (C=O) groups excluding carboxylic acids is 1. The summed E-state index contributed by atoms with van der Waals surface area (Å²) in [4.78, 5) is 15.0. The summed E-state index contributed by atoms with van der Waals surface area (Å²) in [7, 11) is 0. The van der Waals surface area contributed by atoms with Crippen LogP contribution in [0.25, 0.3) is 10.9 Å². The molecule has 3 rings (SSSR count). The molecule has 0 atom stereocenters. The summed E-state index contributed by atoms with van der Waals surface area (Å²) < 4.78 is 59.2. The van der Waals surface area contributed by atoms with Crippen molar-refractivity contribution in [3.63, 3.8) is 0 Å². The number of rotatable bonds is 3. The molecule has 0 spiro atoms. The molecule has 0 fully saturated rings. The third-order valence-electron chi connectivity index (χ3n) is 3.67. The molecule has 2 N–H and O–H groups in total. The second-order valence-electron chi connectivity index (χ2n) is 5.57. The molecule has 8 heteroatoms. The highest BCUT2D eigenvalue weighted by molar-refractivity contribution is 5.93. The molecule has 134 valence electrons. The first-order valence-electron chi connectivity index (χ1n) is 7.41. The van der Waals surface area contributed by atoms with Crippen LogP contribution in [0.3, 0.4) is 0 Å². The second-order valence-corrected chi connectivity index (χ2v) is 5.57. The largest absolute Gasteiger partial charge is 0.454 e. The first-order chi connectivity index (χ1) is 12.2. The number of amides is 1. The van der Waals surface area contributed by atoms with Gasteiger partial charge in [-0.15, -0.1) is 0 Å². The van der Waals surface area contributed by atoms with Crippen molar-refractivity contribution < 1.29 is 27.1 Å². The molecule has 0 aliphatic rings. The lowest BCUT2D eigenvalue weighted by atomic mass is 10.1. The van der Waals surface area contributed by atoms with E-state index in [1.165, 1.54) is 37.3 Å². The fourth-order valence-electron chi connectivity index (χ4n) is 2.51. The average molecular weight is 364 g/mol. The molecule has 0 saturated carbocycles. The van der Waals surface area contributed by atoms with Crippen LogP contribution in [0.4, 0.5) is 17.6 Å². The molecule has 1 amide bonds. The predicted octanol–water partition coefficient (Wildman–Crippen LogP) is 4.59. The number of alkyl halides is 3. The normalized spacial score (nSPS) is 11.6. The number of ether oxygens (including phenoxy) is 1. The van der Waals surface area contributed by atoms with E-state index in [-0.39, 0.29) is 33.7 Å². The molecule has 3 aromatic rings.